The number of phenolic OH excluding ortho intramolecular Hbond substituents is 1. The quantitative estimate of drug-likeness (QED) is 0.358. The van der Waals surface area contributed by atoms with E-state index in [-0.39, 0.29) is 16.4 Å². The number of aromatic amines is 1. The molecule has 0 unspecified atom stereocenters. The van der Waals surface area contributed by atoms with E-state index in [1.807, 2.05) is 12.1 Å². The van der Waals surface area contributed by atoms with E-state index in [0.717, 1.165) is 10.1 Å². The molecule has 5 rings (SSSR count). The van der Waals surface area contributed by atoms with Gasteiger partial charge in [-0.1, -0.05) is 35.9 Å². The summed E-state index contributed by atoms with van der Waals surface area (Å²) in [6.07, 6.45) is 0. The second kappa shape index (κ2) is 8.98. The molecule has 182 valence electrons. The van der Waals surface area contributed by atoms with Crippen LogP contribution in [0.25, 0.3) is 33.5 Å². The summed E-state index contributed by atoms with van der Waals surface area (Å²) in [7, 11) is 3.04. The Morgan fingerprint density at radius 2 is 1.67 bits per heavy atom. The van der Waals surface area contributed by atoms with Crippen molar-refractivity contribution in [3.8, 4) is 39.8 Å². The minimum atomic E-state index is -0.571. The highest BCUT2D eigenvalue weighted by atomic mass is 35.5. The van der Waals surface area contributed by atoms with E-state index in [1.54, 1.807) is 73.2 Å². The van der Waals surface area contributed by atoms with Crippen LogP contribution in [0.3, 0.4) is 0 Å². The summed E-state index contributed by atoms with van der Waals surface area (Å²) >= 11 is 6.54. The summed E-state index contributed by atoms with van der Waals surface area (Å²) in [6, 6.07) is 19.1. The van der Waals surface area contributed by atoms with Gasteiger partial charge in [0, 0.05) is 11.3 Å². The number of hydrogen-bond donors (Lipinski definition) is 2. The smallest absolute Gasteiger partial charge is 0.333 e. The minimum Gasteiger partial charge on any atom is -0.504 e. The maximum absolute atomic E-state index is 13.7. The van der Waals surface area contributed by atoms with Gasteiger partial charge in [0.05, 0.1) is 25.4 Å². The molecule has 2 aromatic heterocycles. The lowest BCUT2D eigenvalue weighted by molar-refractivity contribution is 0.374. The molecule has 0 spiro atoms. The van der Waals surface area contributed by atoms with Gasteiger partial charge in [-0.05, 0) is 60.5 Å². The van der Waals surface area contributed by atoms with Gasteiger partial charge in [0.2, 0.25) is 0 Å². The van der Waals surface area contributed by atoms with Crippen LogP contribution in [-0.4, -0.2) is 33.4 Å². The SMILES string of the molecule is COc1ccc(-n2c(=O)[nH]c3cc(Cl)n(-c4ccc(-c5cccc(OC)c5O)cc4)c3c2=O)c(C)c1. The molecule has 0 atom stereocenters. The molecule has 0 aliphatic carbocycles. The third-order valence-electron chi connectivity index (χ3n) is 6.11. The highest BCUT2D eigenvalue weighted by Gasteiger charge is 2.19. The van der Waals surface area contributed by atoms with Crippen LogP contribution in [0.4, 0.5) is 0 Å². The Morgan fingerprint density at radius 1 is 0.917 bits per heavy atom. The Hall–Kier alpha value is -4.43. The van der Waals surface area contributed by atoms with Crippen molar-refractivity contribution in [2.45, 2.75) is 6.92 Å². The van der Waals surface area contributed by atoms with Gasteiger partial charge in [-0.25, -0.2) is 9.36 Å². The van der Waals surface area contributed by atoms with E-state index in [9.17, 15) is 14.7 Å². The van der Waals surface area contributed by atoms with Gasteiger partial charge in [-0.3, -0.25) is 9.36 Å². The Labute approximate surface area is 210 Å². The molecule has 8 nitrogen and oxygen atoms in total. The van der Waals surface area contributed by atoms with Crippen LogP contribution in [-0.2, 0) is 0 Å². The van der Waals surface area contributed by atoms with E-state index < -0.39 is 11.2 Å². The van der Waals surface area contributed by atoms with Crippen molar-refractivity contribution in [2.75, 3.05) is 14.2 Å². The molecule has 36 heavy (non-hydrogen) atoms. The van der Waals surface area contributed by atoms with Gasteiger partial charge in [0.25, 0.3) is 5.56 Å². The van der Waals surface area contributed by atoms with Crippen molar-refractivity contribution in [1.82, 2.24) is 14.1 Å². The van der Waals surface area contributed by atoms with Crippen molar-refractivity contribution in [3.63, 3.8) is 0 Å². The number of nitrogens with one attached hydrogen (secondary N) is 1. The molecule has 0 aliphatic heterocycles. The van der Waals surface area contributed by atoms with E-state index in [0.29, 0.717) is 39.5 Å². The molecular weight excluding hydrogens is 482 g/mol. The van der Waals surface area contributed by atoms with Crippen LogP contribution in [0.2, 0.25) is 5.15 Å². The number of rotatable bonds is 5. The first kappa shape index (κ1) is 23.3. The summed E-state index contributed by atoms with van der Waals surface area (Å²) in [6.45, 7) is 1.80. The van der Waals surface area contributed by atoms with Crippen molar-refractivity contribution in [2.24, 2.45) is 0 Å². The molecule has 3 aromatic carbocycles. The first-order valence-corrected chi connectivity index (χ1v) is 11.4. The molecule has 0 aliphatic rings. The molecule has 0 fully saturated rings. The second-order valence-electron chi connectivity index (χ2n) is 8.19. The summed E-state index contributed by atoms with van der Waals surface area (Å²) in [5.74, 6) is 1.03. The fraction of sp³-hybridized carbons (Fsp3) is 0.111. The van der Waals surface area contributed by atoms with Crippen LogP contribution >= 0.6 is 11.6 Å². The maximum atomic E-state index is 13.7. The van der Waals surface area contributed by atoms with Gasteiger partial charge in [0.1, 0.15) is 16.4 Å². The predicted octanol–water partition coefficient (Wildman–Crippen LogP) is 4.82. The van der Waals surface area contributed by atoms with Crippen LogP contribution < -0.4 is 20.7 Å². The Kier molecular flexibility index (Phi) is 5.81. The number of aromatic nitrogens is 3. The number of ether oxygens (including phenoxy) is 2. The largest absolute Gasteiger partial charge is 0.504 e. The summed E-state index contributed by atoms with van der Waals surface area (Å²) in [4.78, 5) is 29.3. The Bertz CT molecular complexity index is 1730. The topological polar surface area (TPSA) is 98.5 Å². The van der Waals surface area contributed by atoms with Crippen LogP contribution in [0.15, 0.2) is 76.3 Å². The van der Waals surface area contributed by atoms with Gasteiger partial charge in [0.15, 0.2) is 11.5 Å². The van der Waals surface area contributed by atoms with Gasteiger partial charge >= 0.3 is 5.69 Å². The monoisotopic (exact) mass is 503 g/mol. The molecule has 2 N–H and O–H groups in total. The van der Waals surface area contributed by atoms with Gasteiger partial charge in [-0.2, -0.15) is 0 Å². The lowest BCUT2D eigenvalue weighted by atomic mass is 10.0. The maximum Gasteiger partial charge on any atom is 0.333 e. The number of fused-ring (bicyclic) bond motifs is 1. The fourth-order valence-electron chi connectivity index (χ4n) is 4.34. The molecule has 5 aromatic rings. The summed E-state index contributed by atoms with van der Waals surface area (Å²) in [5, 5.41) is 10.8. The fourth-order valence-corrected chi connectivity index (χ4v) is 4.63. The highest BCUT2D eigenvalue weighted by Crippen LogP contribution is 2.37. The van der Waals surface area contributed by atoms with Crippen molar-refractivity contribution >= 4 is 22.6 Å². The zero-order valence-electron chi connectivity index (χ0n) is 19.7. The number of phenols is 1. The number of hydrogen-bond acceptors (Lipinski definition) is 5. The average Bonchev–Trinajstić information content (AvgIpc) is 3.20. The van der Waals surface area contributed by atoms with Gasteiger partial charge < -0.3 is 19.6 Å². The van der Waals surface area contributed by atoms with E-state index in [4.69, 9.17) is 21.1 Å². The van der Waals surface area contributed by atoms with E-state index in [1.165, 1.54) is 7.11 Å². The first-order valence-electron chi connectivity index (χ1n) is 11.0. The zero-order valence-corrected chi connectivity index (χ0v) is 20.5. The van der Waals surface area contributed by atoms with Crippen molar-refractivity contribution in [1.29, 1.82) is 0 Å². The second-order valence-corrected chi connectivity index (χ2v) is 8.58. The number of H-pyrrole nitrogens is 1. The predicted molar refractivity (Wildman–Crippen MR) is 139 cm³/mol. The van der Waals surface area contributed by atoms with Crippen LogP contribution in [0.5, 0.6) is 17.2 Å². The third-order valence-corrected chi connectivity index (χ3v) is 6.38. The standard InChI is InChI=1S/C27H22ClN3O5/c1-15-13-18(35-2)11-12-21(15)31-26(33)24-20(29-27(31)34)14-23(28)30(24)17-9-7-16(8-10-17)19-5-4-6-22(36-3)25(19)32/h4-14,32H,1-3H3,(H,29,34). The summed E-state index contributed by atoms with van der Waals surface area (Å²) in [5.41, 5.74) is 2.59. The number of aromatic hydroxyl groups is 1. The van der Waals surface area contributed by atoms with E-state index in [2.05, 4.69) is 4.98 Å². The van der Waals surface area contributed by atoms with Gasteiger partial charge in [-0.15, -0.1) is 0 Å². The molecule has 0 radical (unpaired) electrons. The minimum absolute atomic E-state index is 0.0347. The van der Waals surface area contributed by atoms with Crippen molar-refractivity contribution < 1.29 is 14.6 Å². The molecule has 9 heteroatoms. The molecule has 0 saturated carbocycles. The lowest BCUT2D eigenvalue weighted by Crippen LogP contribution is -2.34. The number of methoxy groups -OCH3 is 2. The molecule has 0 saturated heterocycles. The number of nitrogens with zero attached hydrogens (tertiary/aromatic N) is 2. The highest BCUT2D eigenvalue weighted by molar-refractivity contribution is 6.31. The average molecular weight is 504 g/mol. The van der Waals surface area contributed by atoms with Crippen LogP contribution in [0.1, 0.15) is 5.56 Å². The Balaban J connectivity index is 1.67. The normalized spacial score (nSPS) is 11.1. The number of halogens is 1. The zero-order chi connectivity index (χ0) is 25.6. The first-order chi connectivity index (χ1) is 17.3. The van der Waals surface area contributed by atoms with Crippen molar-refractivity contribution in [3.05, 3.63) is 98.3 Å². The Morgan fingerprint density at radius 3 is 2.33 bits per heavy atom. The van der Waals surface area contributed by atoms with Crippen LogP contribution in [0, 0.1) is 6.92 Å². The lowest BCUT2D eigenvalue weighted by Gasteiger charge is -2.12. The molecule has 0 amide bonds. The molecule has 0 bridgehead atoms. The van der Waals surface area contributed by atoms with E-state index >= 15 is 0 Å². The number of aryl methyl sites for hydroxylation is 1. The molecule has 2 heterocycles. The number of benzene rings is 3. The summed E-state index contributed by atoms with van der Waals surface area (Å²) < 4.78 is 13.1. The number of para-hydroxylation sites is 1. The third kappa shape index (κ3) is 3.72. The molecular formula is C27H22ClN3O5.